The van der Waals surface area contributed by atoms with Gasteiger partial charge in [-0.3, -0.25) is 4.79 Å². The molecule has 0 saturated carbocycles. The number of halogens is 1. The van der Waals surface area contributed by atoms with Crippen LogP contribution >= 0.6 is 11.6 Å². The summed E-state index contributed by atoms with van der Waals surface area (Å²) in [5, 5.41) is 3.47. The molecule has 0 fully saturated rings. The van der Waals surface area contributed by atoms with Gasteiger partial charge in [0.25, 0.3) is 0 Å². The Kier molecular flexibility index (Phi) is 5.84. The van der Waals surface area contributed by atoms with Crippen molar-refractivity contribution in [2.24, 2.45) is 0 Å². The molecule has 0 spiro atoms. The second-order valence-electron chi connectivity index (χ2n) is 5.84. The van der Waals surface area contributed by atoms with Gasteiger partial charge in [0.05, 0.1) is 17.1 Å². The molecule has 5 nitrogen and oxygen atoms in total. The number of carbonyl (C=O) groups is 1. The van der Waals surface area contributed by atoms with E-state index in [9.17, 15) is 4.79 Å². The van der Waals surface area contributed by atoms with Gasteiger partial charge in [0.2, 0.25) is 5.91 Å². The van der Waals surface area contributed by atoms with Crippen LogP contribution in [0.15, 0.2) is 60.7 Å². The van der Waals surface area contributed by atoms with Crippen LogP contribution in [0.3, 0.4) is 0 Å². The summed E-state index contributed by atoms with van der Waals surface area (Å²) in [6, 6.07) is 16.7. The fourth-order valence-corrected chi connectivity index (χ4v) is 2.54. The number of amides is 1. The molecule has 0 aliphatic carbocycles. The molecule has 3 aromatic rings. The van der Waals surface area contributed by atoms with Gasteiger partial charge < -0.3 is 10.1 Å². The fraction of sp³-hybridized carbons (Fsp3) is 0.0952. The number of aromatic nitrogens is 2. The van der Waals surface area contributed by atoms with E-state index in [2.05, 4.69) is 15.3 Å². The molecule has 0 saturated heterocycles. The minimum atomic E-state index is -0.267. The first kappa shape index (κ1) is 18.6. The van der Waals surface area contributed by atoms with Crippen LogP contribution in [0.5, 0.6) is 11.8 Å². The lowest BCUT2D eigenvalue weighted by Gasteiger charge is -2.11. The molecule has 2 aromatic carbocycles. The maximum absolute atomic E-state index is 12.2. The first-order chi connectivity index (χ1) is 13.0. The van der Waals surface area contributed by atoms with E-state index in [1.54, 1.807) is 32.1 Å². The smallest absolute Gasteiger partial charge is 0.322 e. The zero-order valence-electron chi connectivity index (χ0n) is 14.9. The lowest BCUT2D eigenvalue weighted by atomic mass is 10.2. The number of aryl methyl sites for hydroxylation is 2. The molecule has 1 heterocycles. The van der Waals surface area contributed by atoms with Crippen LogP contribution in [0.25, 0.3) is 6.08 Å². The lowest BCUT2D eigenvalue weighted by molar-refractivity contribution is -0.111. The van der Waals surface area contributed by atoms with Crippen molar-refractivity contribution < 1.29 is 9.53 Å². The van der Waals surface area contributed by atoms with Gasteiger partial charge >= 0.3 is 6.01 Å². The Morgan fingerprint density at radius 2 is 1.63 bits per heavy atom. The number of nitrogens with one attached hydrogen (secondary N) is 1. The van der Waals surface area contributed by atoms with Crippen LogP contribution in [-0.4, -0.2) is 15.9 Å². The maximum atomic E-state index is 12.2. The highest BCUT2D eigenvalue weighted by Crippen LogP contribution is 2.23. The van der Waals surface area contributed by atoms with Gasteiger partial charge in [0.1, 0.15) is 5.75 Å². The molecule has 3 rings (SSSR count). The van der Waals surface area contributed by atoms with Gasteiger partial charge in [-0.15, -0.1) is 0 Å². The van der Waals surface area contributed by atoms with Crippen LogP contribution in [0, 0.1) is 13.8 Å². The SMILES string of the molecule is Cc1nc(Oc2ccccc2)nc(C)c1NC(=O)/C=C/c1ccc(Cl)cc1. The van der Waals surface area contributed by atoms with Crippen LogP contribution in [0.2, 0.25) is 5.02 Å². The molecule has 0 radical (unpaired) electrons. The zero-order chi connectivity index (χ0) is 19.2. The summed E-state index contributed by atoms with van der Waals surface area (Å²) in [4.78, 5) is 20.9. The third-order valence-electron chi connectivity index (χ3n) is 3.75. The van der Waals surface area contributed by atoms with Crippen molar-refractivity contribution in [1.82, 2.24) is 9.97 Å². The highest BCUT2D eigenvalue weighted by Gasteiger charge is 2.11. The lowest BCUT2D eigenvalue weighted by Crippen LogP contribution is -2.12. The quantitative estimate of drug-likeness (QED) is 0.619. The predicted molar refractivity (Wildman–Crippen MR) is 107 cm³/mol. The number of benzene rings is 2. The van der Waals surface area contributed by atoms with Gasteiger partial charge in [-0.05, 0) is 49.8 Å². The monoisotopic (exact) mass is 379 g/mol. The summed E-state index contributed by atoms with van der Waals surface area (Å²) in [7, 11) is 0. The van der Waals surface area contributed by atoms with Crippen LogP contribution < -0.4 is 10.1 Å². The van der Waals surface area contributed by atoms with Gasteiger partial charge in [-0.25, -0.2) is 0 Å². The van der Waals surface area contributed by atoms with Crippen molar-refractivity contribution in [2.75, 3.05) is 5.32 Å². The summed E-state index contributed by atoms with van der Waals surface area (Å²) < 4.78 is 5.66. The molecule has 6 heteroatoms. The molecular formula is C21H18ClN3O2. The molecular weight excluding hydrogens is 362 g/mol. The van der Waals surface area contributed by atoms with Gasteiger partial charge in [-0.1, -0.05) is 41.9 Å². The summed E-state index contributed by atoms with van der Waals surface area (Å²) >= 11 is 5.85. The molecule has 0 aliphatic heterocycles. The van der Waals surface area contributed by atoms with Crippen molar-refractivity contribution in [1.29, 1.82) is 0 Å². The third kappa shape index (κ3) is 5.15. The van der Waals surface area contributed by atoms with E-state index in [1.165, 1.54) is 6.08 Å². The Morgan fingerprint density at radius 3 is 2.26 bits per heavy atom. The summed E-state index contributed by atoms with van der Waals surface area (Å²) in [6.07, 6.45) is 3.17. The van der Waals surface area contributed by atoms with Crippen molar-refractivity contribution in [3.05, 3.63) is 82.6 Å². The van der Waals surface area contributed by atoms with E-state index in [0.717, 1.165) is 5.56 Å². The molecule has 136 valence electrons. The fourth-order valence-electron chi connectivity index (χ4n) is 2.42. The van der Waals surface area contributed by atoms with Crippen LogP contribution in [0.4, 0.5) is 5.69 Å². The number of rotatable bonds is 5. The minimum Gasteiger partial charge on any atom is -0.424 e. The van der Waals surface area contributed by atoms with E-state index in [4.69, 9.17) is 16.3 Å². The van der Waals surface area contributed by atoms with Crippen molar-refractivity contribution >= 4 is 29.3 Å². The molecule has 0 atom stereocenters. The first-order valence-corrected chi connectivity index (χ1v) is 8.72. The van der Waals surface area contributed by atoms with Crippen molar-refractivity contribution in [3.63, 3.8) is 0 Å². The molecule has 0 unspecified atom stereocenters. The average molecular weight is 380 g/mol. The Balaban J connectivity index is 1.71. The summed E-state index contributed by atoms with van der Waals surface area (Å²) in [5.74, 6) is 0.385. The number of para-hydroxylation sites is 1. The molecule has 1 N–H and O–H groups in total. The van der Waals surface area contributed by atoms with Gasteiger partial charge in [0.15, 0.2) is 0 Å². The third-order valence-corrected chi connectivity index (χ3v) is 4.00. The second kappa shape index (κ2) is 8.47. The molecule has 27 heavy (non-hydrogen) atoms. The number of nitrogens with zero attached hydrogens (tertiary/aromatic N) is 2. The largest absolute Gasteiger partial charge is 0.424 e. The van der Waals surface area contributed by atoms with E-state index in [1.807, 2.05) is 42.5 Å². The number of hydrogen-bond acceptors (Lipinski definition) is 4. The molecule has 1 aromatic heterocycles. The first-order valence-electron chi connectivity index (χ1n) is 8.34. The second-order valence-corrected chi connectivity index (χ2v) is 6.28. The maximum Gasteiger partial charge on any atom is 0.322 e. The van der Waals surface area contributed by atoms with Gasteiger partial charge in [0, 0.05) is 11.1 Å². The number of hydrogen-bond donors (Lipinski definition) is 1. The summed E-state index contributed by atoms with van der Waals surface area (Å²) in [6.45, 7) is 3.59. The highest BCUT2D eigenvalue weighted by atomic mass is 35.5. The number of anilines is 1. The standard InChI is InChI=1S/C21H18ClN3O2/c1-14-20(25-19(26)13-10-16-8-11-17(22)12-9-16)15(2)24-21(23-14)27-18-6-4-3-5-7-18/h3-13H,1-2H3,(H,25,26)/b13-10+. The van der Waals surface area contributed by atoms with Crippen LogP contribution in [0.1, 0.15) is 17.0 Å². The van der Waals surface area contributed by atoms with Gasteiger partial charge in [-0.2, -0.15) is 9.97 Å². The van der Waals surface area contributed by atoms with Crippen molar-refractivity contribution in [2.45, 2.75) is 13.8 Å². The minimum absolute atomic E-state index is 0.242. The average Bonchev–Trinajstić information content (AvgIpc) is 2.65. The Hall–Kier alpha value is -3.18. The number of ether oxygens (including phenoxy) is 1. The Morgan fingerprint density at radius 1 is 1.00 bits per heavy atom. The molecule has 0 bridgehead atoms. The van der Waals surface area contributed by atoms with E-state index < -0.39 is 0 Å². The number of carbonyl (C=O) groups excluding carboxylic acids is 1. The van der Waals surface area contributed by atoms with E-state index in [-0.39, 0.29) is 11.9 Å². The zero-order valence-corrected chi connectivity index (χ0v) is 15.7. The van der Waals surface area contributed by atoms with E-state index >= 15 is 0 Å². The molecule has 0 aliphatic rings. The normalized spacial score (nSPS) is 10.8. The highest BCUT2D eigenvalue weighted by molar-refractivity contribution is 6.30. The predicted octanol–water partition coefficient (Wildman–Crippen LogP) is 5.19. The Bertz CT molecular complexity index is 947. The summed E-state index contributed by atoms with van der Waals surface area (Å²) in [5.41, 5.74) is 2.70. The topological polar surface area (TPSA) is 64.1 Å². The van der Waals surface area contributed by atoms with E-state index in [0.29, 0.717) is 27.8 Å². The Labute approximate surface area is 162 Å². The van der Waals surface area contributed by atoms with Crippen molar-refractivity contribution in [3.8, 4) is 11.8 Å². The van der Waals surface area contributed by atoms with Crippen LogP contribution in [-0.2, 0) is 4.79 Å². The molecule has 1 amide bonds.